The van der Waals surface area contributed by atoms with Crippen LogP contribution in [0, 0.1) is 14.9 Å². The summed E-state index contributed by atoms with van der Waals surface area (Å²) in [5.74, 6) is 0.834. The Morgan fingerprint density at radius 3 is 2.50 bits per heavy atom. The zero-order valence-electron chi connectivity index (χ0n) is 18.3. The van der Waals surface area contributed by atoms with E-state index in [1.807, 2.05) is 66.7 Å². The van der Waals surface area contributed by atoms with Crippen molar-refractivity contribution in [3.05, 3.63) is 105 Å². The number of nitriles is 1. The van der Waals surface area contributed by atoms with Crippen LogP contribution < -0.4 is 14.9 Å². The predicted molar refractivity (Wildman–Crippen MR) is 140 cm³/mol. The molecule has 0 aliphatic heterocycles. The highest BCUT2D eigenvalue weighted by atomic mass is 127. The molecule has 1 amide bonds. The molecule has 0 fully saturated rings. The second-order valence-electron chi connectivity index (χ2n) is 7.35. The fourth-order valence-electron chi connectivity index (χ4n) is 3.42. The molecule has 0 aliphatic rings. The summed E-state index contributed by atoms with van der Waals surface area (Å²) < 4.78 is 12.2. The Morgan fingerprint density at radius 2 is 1.76 bits per heavy atom. The number of carbonyl (C=O) groups excluding carboxylic acids is 1. The first-order valence-corrected chi connectivity index (χ1v) is 11.5. The fraction of sp³-hybridized carbons (Fsp3) is 0.0741. The molecular weight excluding hydrogens is 541 g/mol. The molecule has 4 rings (SSSR count). The molecule has 1 N–H and O–H groups in total. The van der Waals surface area contributed by atoms with Gasteiger partial charge in [-0.25, -0.2) is 5.43 Å². The number of rotatable bonds is 7. The molecule has 4 aromatic carbocycles. The van der Waals surface area contributed by atoms with E-state index in [-0.39, 0.29) is 5.91 Å². The number of nitrogens with one attached hydrogen (secondary N) is 1. The molecule has 0 aliphatic carbocycles. The van der Waals surface area contributed by atoms with E-state index in [0.717, 1.165) is 25.5 Å². The standard InChI is InChI=1S/C27H20IN3O3/c1-33-26-14-20-7-3-2-6-19(20)13-23(26)27(32)31-30-16-18-10-11-25(24(28)12-18)34-17-22-9-5-4-8-21(22)15-29/h2-14,16H,17H2,1H3,(H,31,32)/b30-16-. The van der Waals surface area contributed by atoms with Gasteiger partial charge in [-0.2, -0.15) is 10.4 Å². The highest BCUT2D eigenvalue weighted by Crippen LogP contribution is 2.26. The lowest BCUT2D eigenvalue weighted by Crippen LogP contribution is -2.18. The molecule has 0 saturated carbocycles. The highest BCUT2D eigenvalue weighted by Gasteiger charge is 2.13. The van der Waals surface area contributed by atoms with Crippen LogP contribution in [0.1, 0.15) is 27.0 Å². The van der Waals surface area contributed by atoms with Crippen molar-refractivity contribution in [1.82, 2.24) is 5.43 Å². The number of benzene rings is 4. The maximum atomic E-state index is 12.7. The molecular formula is C27H20IN3O3. The SMILES string of the molecule is COc1cc2ccccc2cc1C(=O)N/N=C\c1ccc(OCc2ccccc2C#N)c(I)c1. The Morgan fingerprint density at radius 1 is 1.03 bits per heavy atom. The lowest BCUT2D eigenvalue weighted by Gasteiger charge is -2.10. The van der Waals surface area contributed by atoms with E-state index in [4.69, 9.17) is 9.47 Å². The van der Waals surface area contributed by atoms with Crippen LogP contribution in [0.25, 0.3) is 10.8 Å². The zero-order valence-corrected chi connectivity index (χ0v) is 20.4. The van der Waals surface area contributed by atoms with Crippen LogP contribution in [0.2, 0.25) is 0 Å². The molecule has 4 aromatic rings. The van der Waals surface area contributed by atoms with Crippen molar-refractivity contribution in [3.8, 4) is 17.6 Å². The molecule has 0 atom stereocenters. The minimum absolute atomic E-state index is 0.302. The molecule has 0 saturated heterocycles. The summed E-state index contributed by atoms with van der Waals surface area (Å²) in [6, 6.07) is 26.5. The number of halogens is 1. The number of hydrogen-bond donors (Lipinski definition) is 1. The van der Waals surface area contributed by atoms with Crippen LogP contribution >= 0.6 is 22.6 Å². The number of fused-ring (bicyclic) bond motifs is 1. The van der Waals surface area contributed by atoms with E-state index in [9.17, 15) is 10.1 Å². The Balaban J connectivity index is 1.42. The zero-order chi connectivity index (χ0) is 23.9. The summed E-state index contributed by atoms with van der Waals surface area (Å²) >= 11 is 2.18. The lowest BCUT2D eigenvalue weighted by atomic mass is 10.1. The summed E-state index contributed by atoms with van der Waals surface area (Å²) in [6.07, 6.45) is 1.57. The Bertz CT molecular complexity index is 1430. The van der Waals surface area contributed by atoms with Crippen LogP contribution in [-0.2, 0) is 6.61 Å². The van der Waals surface area contributed by atoms with Gasteiger partial charge in [-0.05, 0) is 75.3 Å². The number of carbonyl (C=O) groups is 1. The van der Waals surface area contributed by atoms with Gasteiger partial charge in [0, 0.05) is 5.56 Å². The van der Waals surface area contributed by atoms with Gasteiger partial charge in [-0.3, -0.25) is 4.79 Å². The predicted octanol–water partition coefficient (Wildman–Crippen LogP) is 5.67. The first-order valence-electron chi connectivity index (χ1n) is 10.4. The van der Waals surface area contributed by atoms with Crippen molar-refractivity contribution in [1.29, 1.82) is 5.26 Å². The summed E-state index contributed by atoms with van der Waals surface area (Å²) in [4.78, 5) is 12.7. The third-order valence-electron chi connectivity index (χ3n) is 5.17. The topological polar surface area (TPSA) is 83.7 Å². The van der Waals surface area contributed by atoms with Gasteiger partial charge in [0.1, 0.15) is 18.1 Å². The van der Waals surface area contributed by atoms with E-state index in [1.165, 1.54) is 7.11 Å². The second kappa shape index (κ2) is 10.8. The van der Waals surface area contributed by atoms with E-state index >= 15 is 0 Å². The van der Waals surface area contributed by atoms with E-state index < -0.39 is 0 Å². The molecule has 0 radical (unpaired) electrons. The van der Waals surface area contributed by atoms with Crippen molar-refractivity contribution in [2.24, 2.45) is 5.10 Å². The van der Waals surface area contributed by atoms with Gasteiger partial charge in [0.05, 0.1) is 34.1 Å². The van der Waals surface area contributed by atoms with Crippen molar-refractivity contribution in [3.63, 3.8) is 0 Å². The number of ether oxygens (including phenoxy) is 2. The number of nitrogens with zero attached hydrogens (tertiary/aromatic N) is 2. The van der Waals surface area contributed by atoms with Gasteiger partial charge in [0.25, 0.3) is 5.91 Å². The van der Waals surface area contributed by atoms with Gasteiger partial charge < -0.3 is 9.47 Å². The van der Waals surface area contributed by atoms with Crippen molar-refractivity contribution >= 4 is 45.5 Å². The van der Waals surface area contributed by atoms with Crippen LogP contribution in [0.5, 0.6) is 11.5 Å². The Hall–Kier alpha value is -3.90. The highest BCUT2D eigenvalue weighted by molar-refractivity contribution is 14.1. The summed E-state index contributed by atoms with van der Waals surface area (Å²) in [5, 5.41) is 15.3. The first-order chi connectivity index (χ1) is 16.6. The molecule has 0 spiro atoms. The molecule has 6 nitrogen and oxygen atoms in total. The quantitative estimate of drug-likeness (QED) is 0.179. The van der Waals surface area contributed by atoms with Gasteiger partial charge in [-0.15, -0.1) is 0 Å². The van der Waals surface area contributed by atoms with Crippen LogP contribution in [0.3, 0.4) is 0 Å². The average molecular weight is 561 g/mol. The fourth-order valence-corrected chi connectivity index (χ4v) is 4.11. The minimum atomic E-state index is -0.357. The molecule has 0 unspecified atom stereocenters. The largest absolute Gasteiger partial charge is 0.496 e. The summed E-state index contributed by atoms with van der Waals surface area (Å²) in [7, 11) is 1.54. The third kappa shape index (κ3) is 5.35. The second-order valence-corrected chi connectivity index (χ2v) is 8.51. The summed E-state index contributed by atoms with van der Waals surface area (Å²) in [5.41, 5.74) is 5.21. The van der Waals surface area contributed by atoms with E-state index in [1.54, 1.807) is 18.3 Å². The van der Waals surface area contributed by atoms with Gasteiger partial charge in [0.15, 0.2) is 0 Å². The lowest BCUT2D eigenvalue weighted by molar-refractivity contribution is 0.0952. The summed E-state index contributed by atoms with van der Waals surface area (Å²) in [6.45, 7) is 0.302. The first kappa shape index (κ1) is 23.3. The van der Waals surface area contributed by atoms with Gasteiger partial charge in [-0.1, -0.05) is 42.5 Å². The molecule has 168 valence electrons. The molecule has 0 aromatic heterocycles. The average Bonchev–Trinajstić information content (AvgIpc) is 2.87. The maximum absolute atomic E-state index is 12.7. The van der Waals surface area contributed by atoms with Gasteiger partial charge >= 0.3 is 0 Å². The van der Waals surface area contributed by atoms with Crippen LogP contribution in [0.15, 0.2) is 84.0 Å². The number of hydrazone groups is 1. The molecule has 0 heterocycles. The number of hydrogen-bond acceptors (Lipinski definition) is 5. The third-order valence-corrected chi connectivity index (χ3v) is 6.01. The normalized spacial score (nSPS) is 10.7. The van der Waals surface area contributed by atoms with Crippen LogP contribution in [-0.4, -0.2) is 19.2 Å². The molecule has 7 heteroatoms. The Kier molecular flexibility index (Phi) is 7.40. The van der Waals surface area contributed by atoms with E-state index in [2.05, 4.69) is 39.2 Å². The van der Waals surface area contributed by atoms with E-state index in [0.29, 0.717) is 29.2 Å². The Labute approximate surface area is 211 Å². The molecule has 34 heavy (non-hydrogen) atoms. The van der Waals surface area contributed by atoms with Crippen molar-refractivity contribution < 1.29 is 14.3 Å². The molecule has 0 bridgehead atoms. The minimum Gasteiger partial charge on any atom is -0.496 e. The number of methoxy groups -OCH3 is 1. The van der Waals surface area contributed by atoms with Crippen LogP contribution in [0.4, 0.5) is 0 Å². The smallest absolute Gasteiger partial charge is 0.275 e. The monoisotopic (exact) mass is 561 g/mol. The maximum Gasteiger partial charge on any atom is 0.275 e. The van der Waals surface area contributed by atoms with Crippen molar-refractivity contribution in [2.45, 2.75) is 6.61 Å². The van der Waals surface area contributed by atoms with Crippen molar-refractivity contribution in [2.75, 3.05) is 7.11 Å². The van der Waals surface area contributed by atoms with Gasteiger partial charge in [0.2, 0.25) is 0 Å². The number of amides is 1.